The van der Waals surface area contributed by atoms with Gasteiger partial charge < -0.3 is 20.5 Å². The third-order valence-corrected chi connectivity index (χ3v) is 4.29. The molecule has 2 atom stereocenters. The summed E-state index contributed by atoms with van der Waals surface area (Å²) in [5, 5.41) is 9.38. The average molecular weight is 276 g/mol. The molecule has 1 aromatic carbocycles. The van der Waals surface area contributed by atoms with Crippen LogP contribution in [0.1, 0.15) is 36.0 Å². The van der Waals surface area contributed by atoms with Gasteiger partial charge in [-0.3, -0.25) is 0 Å². The van der Waals surface area contributed by atoms with E-state index in [-0.39, 0.29) is 12.1 Å². The number of carboxylic acids is 1. The molecule has 0 radical (unpaired) electrons. The number of hydrogen-bond donors (Lipinski definition) is 2. The van der Waals surface area contributed by atoms with E-state index >= 15 is 0 Å². The highest BCUT2D eigenvalue weighted by molar-refractivity contribution is 5.95. The van der Waals surface area contributed by atoms with Crippen LogP contribution in [0.5, 0.6) is 0 Å². The molecule has 5 heteroatoms. The molecule has 1 heterocycles. The highest BCUT2D eigenvalue weighted by Gasteiger charge is 2.35. The van der Waals surface area contributed by atoms with E-state index in [2.05, 4.69) is 4.90 Å². The number of ether oxygens (including phenoxy) is 1. The molecule has 0 spiro atoms. The molecule has 1 saturated heterocycles. The lowest BCUT2D eigenvalue weighted by Crippen LogP contribution is -2.53. The summed E-state index contributed by atoms with van der Waals surface area (Å²) in [5.74, 6) is -0.904. The molecule has 20 heavy (non-hydrogen) atoms. The van der Waals surface area contributed by atoms with Crippen LogP contribution in [0.4, 0.5) is 11.4 Å². The van der Waals surface area contributed by atoms with Gasteiger partial charge in [0.15, 0.2) is 0 Å². The minimum Gasteiger partial charge on any atom is -0.478 e. The second-order valence-electron chi connectivity index (χ2n) is 5.54. The number of morpholine rings is 1. The lowest BCUT2D eigenvalue weighted by Gasteiger charge is -2.45. The first-order chi connectivity index (χ1) is 9.66. The summed E-state index contributed by atoms with van der Waals surface area (Å²) >= 11 is 0. The lowest BCUT2D eigenvalue weighted by molar-refractivity contribution is -0.00877. The molecule has 2 fully saturated rings. The van der Waals surface area contributed by atoms with E-state index in [1.807, 2.05) is 0 Å². The van der Waals surface area contributed by atoms with E-state index in [1.54, 1.807) is 18.2 Å². The molecule has 1 saturated carbocycles. The van der Waals surface area contributed by atoms with Crippen molar-refractivity contribution in [3.8, 4) is 0 Å². The molecule has 1 aliphatic heterocycles. The minimum absolute atomic E-state index is 0.223. The molecule has 1 aliphatic carbocycles. The number of nitrogens with two attached hydrogens (primary N) is 1. The van der Waals surface area contributed by atoms with E-state index in [1.165, 1.54) is 12.8 Å². The molecular weight excluding hydrogens is 256 g/mol. The maximum absolute atomic E-state index is 11.4. The fourth-order valence-electron chi connectivity index (χ4n) is 3.36. The van der Waals surface area contributed by atoms with Crippen LogP contribution in [0.25, 0.3) is 0 Å². The molecule has 0 amide bonds. The van der Waals surface area contributed by atoms with Crippen LogP contribution in [-0.2, 0) is 4.74 Å². The Balaban J connectivity index is 1.98. The average Bonchev–Trinajstić information content (AvgIpc) is 2.46. The van der Waals surface area contributed by atoms with Crippen LogP contribution in [0.3, 0.4) is 0 Å². The lowest BCUT2D eigenvalue weighted by atomic mass is 9.89. The van der Waals surface area contributed by atoms with Crippen LogP contribution < -0.4 is 10.6 Å². The number of aromatic carboxylic acids is 1. The van der Waals surface area contributed by atoms with Gasteiger partial charge in [0.05, 0.1) is 30.0 Å². The van der Waals surface area contributed by atoms with Gasteiger partial charge in [-0.1, -0.05) is 12.8 Å². The molecule has 0 bridgehead atoms. The summed E-state index contributed by atoms with van der Waals surface area (Å²) in [6.45, 7) is 1.37. The smallest absolute Gasteiger partial charge is 0.337 e. The number of nitrogen functional groups attached to an aromatic ring is 1. The first-order valence-corrected chi connectivity index (χ1v) is 7.18. The van der Waals surface area contributed by atoms with E-state index < -0.39 is 5.97 Å². The monoisotopic (exact) mass is 276 g/mol. The van der Waals surface area contributed by atoms with Crippen molar-refractivity contribution in [2.75, 3.05) is 23.8 Å². The Labute approximate surface area is 118 Å². The molecule has 2 aliphatic rings. The Morgan fingerprint density at radius 2 is 2.15 bits per heavy atom. The third kappa shape index (κ3) is 2.33. The minimum atomic E-state index is -0.904. The van der Waals surface area contributed by atoms with E-state index in [9.17, 15) is 9.90 Å². The van der Waals surface area contributed by atoms with Gasteiger partial charge in [-0.15, -0.1) is 0 Å². The molecular formula is C15H20N2O3. The van der Waals surface area contributed by atoms with Gasteiger partial charge in [-0.25, -0.2) is 4.79 Å². The fraction of sp³-hybridized carbons (Fsp3) is 0.533. The van der Waals surface area contributed by atoms with Crippen LogP contribution in [-0.4, -0.2) is 36.4 Å². The van der Waals surface area contributed by atoms with E-state index in [0.29, 0.717) is 17.9 Å². The first kappa shape index (κ1) is 13.2. The topological polar surface area (TPSA) is 75.8 Å². The van der Waals surface area contributed by atoms with Crippen molar-refractivity contribution in [2.24, 2.45) is 0 Å². The van der Waals surface area contributed by atoms with Gasteiger partial charge in [0.1, 0.15) is 0 Å². The number of carboxylic acid groups (broad SMARTS) is 1. The standard InChI is InChI=1S/C15H20N2O3/c16-10-5-6-11(15(18)19)13(9-10)17-7-8-20-14-4-2-1-3-12(14)17/h5-6,9,12,14H,1-4,7-8,16H2,(H,18,19). The van der Waals surface area contributed by atoms with Gasteiger partial charge in [0.25, 0.3) is 0 Å². The van der Waals surface area contributed by atoms with Crippen molar-refractivity contribution in [3.05, 3.63) is 23.8 Å². The van der Waals surface area contributed by atoms with Gasteiger partial charge in [0.2, 0.25) is 0 Å². The highest BCUT2D eigenvalue weighted by Crippen LogP contribution is 2.34. The molecule has 3 N–H and O–H groups in total. The summed E-state index contributed by atoms with van der Waals surface area (Å²) in [4.78, 5) is 13.6. The Bertz CT molecular complexity index is 516. The zero-order chi connectivity index (χ0) is 14.1. The van der Waals surface area contributed by atoms with Crippen LogP contribution in [0.15, 0.2) is 18.2 Å². The largest absolute Gasteiger partial charge is 0.478 e. The van der Waals surface area contributed by atoms with Crippen LogP contribution >= 0.6 is 0 Å². The van der Waals surface area contributed by atoms with Crippen molar-refractivity contribution in [3.63, 3.8) is 0 Å². The summed E-state index contributed by atoms with van der Waals surface area (Å²) < 4.78 is 5.84. The van der Waals surface area contributed by atoms with Gasteiger partial charge in [-0.05, 0) is 31.0 Å². The fourth-order valence-corrected chi connectivity index (χ4v) is 3.36. The third-order valence-electron chi connectivity index (χ3n) is 4.29. The molecule has 2 unspecified atom stereocenters. The highest BCUT2D eigenvalue weighted by atomic mass is 16.5. The van der Waals surface area contributed by atoms with Crippen molar-refractivity contribution < 1.29 is 14.6 Å². The van der Waals surface area contributed by atoms with Crippen molar-refractivity contribution in [1.82, 2.24) is 0 Å². The predicted octanol–water partition coefficient (Wildman–Crippen LogP) is 2.11. The summed E-state index contributed by atoms with van der Waals surface area (Å²) in [7, 11) is 0. The second-order valence-corrected chi connectivity index (χ2v) is 5.54. The Morgan fingerprint density at radius 3 is 2.95 bits per heavy atom. The first-order valence-electron chi connectivity index (χ1n) is 7.18. The number of hydrogen-bond acceptors (Lipinski definition) is 4. The normalized spacial score (nSPS) is 26.1. The number of carbonyl (C=O) groups is 1. The summed E-state index contributed by atoms with van der Waals surface area (Å²) in [6, 6.07) is 5.30. The Hall–Kier alpha value is -1.75. The number of fused-ring (bicyclic) bond motifs is 1. The molecule has 0 aromatic heterocycles. The SMILES string of the molecule is Nc1ccc(C(=O)O)c(N2CCOC3CCCCC32)c1. The molecule has 108 valence electrons. The van der Waals surface area contributed by atoms with Crippen molar-refractivity contribution >= 4 is 17.3 Å². The summed E-state index contributed by atoms with van der Waals surface area (Å²) in [5.41, 5.74) is 7.51. The van der Waals surface area contributed by atoms with Crippen molar-refractivity contribution in [1.29, 1.82) is 0 Å². The maximum atomic E-state index is 11.4. The molecule has 3 rings (SSSR count). The zero-order valence-electron chi connectivity index (χ0n) is 11.4. The quantitative estimate of drug-likeness (QED) is 0.809. The van der Waals surface area contributed by atoms with Gasteiger partial charge in [-0.2, -0.15) is 0 Å². The number of anilines is 2. The van der Waals surface area contributed by atoms with Gasteiger partial charge >= 0.3 is 5.97 Å². The number of benzene rings is 1. The van der Waals surface area contributed by atoms with E-state index in [0.717, 1.165) is 25.1 Å². The number of nitrogens with zero attached hydrogens (tertiary/aromatic N) is 1. The second kappa shape index (κ2) is 5.32. The molecule has 5 nitrogen and oxygen atoms in total. The van der Waals surface area contributed by atoms with Crippen LogP contribution in [0, 0.1) is 0 Å². The Kier molecular flexibility index (Phi) is 3.53. The van der Waals surface area contributed by atoms with Crippen LogP contribution in [0.2, 0.25) is 0 Å². The maximum Gasteiger partial charge on any atom is 0.337 e. The molecule has 1 aromatic rings. The van der Waals surface area contributed by atoms with Crippen molar-refractivity contribution in [2.45, 2.75) is 37.8 Å². The van der Waals surface area contributed by atoms with E-state index in [4.69, 9.17) is 10.5 Å². The summed E-state index contributed by atoms with van der Waals surface area (Å²) in [6.07, 6.45) is 4.70. The van der Waals surface area contributed by atoms with Gasteiger partial charge in [0, 0.05) is 12.2 Å². The number of rotatable bonds is 2. The Morgan fingerprint density at radius 1 is 1.35 bits per heavy atom. The zero-order valence-corrected chi connectivity index (χ0v) is 11.4. The predicted molar refractivity (Wildman–Crippen MR) is 77.2 cm³/mol.